The van der Waals surface area contributed by atoms with Gasteiger partial charge in [-0.15, -0.1) is 0 Å². The van der Waals surface area contributed by atoms with Gasteiger partial charge in [-0.1, -0.05) is 20.8 Å². The average Bonchev–Trinajstić information content (AvgIpc) is 2.57. The second-order valence-corrected chi connectivity index (χ2v) is 5.29. The summed E-state index contributed by atoms with van der Waals surface area (Å²) in [4.78, 5) is 0. The molecule has 4 heteroatoms. The second-order valence-electron chi connectivity index (χ2n) is 5.29. The highest BCUT2D eigenvalue weighted by atomic mass is 16.3. The van der Waals surface area contributed by atoms with Gasteiger partial charge in [0.05, 0.1) is 5.69 Å². The number of hydrogen-bond acceptors (Lipinski definition) is 3. The van der Waals surface area contributed by atoms with Crippen LogP contribution in [0.25, 0.3) is 0 Å². The highest BCUT2D eigenvalue weighted by Gasteiger charge is 2.23. The third-order valence-corrected chi connectivity index (χ3v) is 2.76. The Morgan fingerprint density at radius 1 is 1.50 bits per heavy atom. The van der Waals surface area contributed by atoms with Crippen LogP contribution in [0.1, 0.15) is 32.9 Å². The molecule has 1 aromatic heterocycles. The number of aliphatic hydroxyl groups excluding tert-OH is 1. The number of hydrogen-bond donors (Lipinski definition) is 2. The molecule has 1 atom stereocenters. The van der Waals surface area contributed by atoms with Crippen LogP contribution in [0, 0.1) is 5.41 Å². The highest BCUT2D eigenvalue weighted by molar-refractivity contribution is 4.98. The van der Waals surface area contributed by atoms with Crippen LogP contribution in [0.5, 0.6) is 0 Å². The van der Waals surface area contributed by atoms with Crippen LogP contribution in [-0.4, -0.2) is 27.5 Å². The first-order chi connectivity index (χ1) is 7.43. The van der Waals surface area contributed by atoms with Crippen LogP contribution in [0.3, 0.4) is 0 Å². The zero-order valence-corrected chi connectivity index (χ0v) is 10.7. The SMILES string of the molecule is Cn1ccc(CNC(CCO)C(C)(C)C)n1. The van der Waals surface area contributed by atoms with E-state index in [1.165, 1.54) is 0 Å². The maximum Gasteiger partial charge on any atom is 0.0762 e. The van der Waals surface area contributed by atoms with Crippen LogP contribution >= 0.6 is 0 Å². The summed E-state index contributed by atoms with van der Waals surface area (Å²) < 4.78 is 1.80. The number of nitrogens with zero attached hydrogens (tertiary/aromatic N) is 2. The Morgan fingerprint density at radius 2 is 2.19 bits per heavy atom. The number of aryl methyl sites for hydroxylation is 1. The van der Waals surface area contributed by atoms with Gasteiger partial charge in [0.2, 0.25) is 0 Å². The third kappa shape index (κ3) is 3.94. The topological polar surface area (TPSA) is 50.1 Å². The van der Waals surface area contributed by atoms with Crippen molar-refractivity contribution < 1.29 is 5.11 Å². The van der Waals surface area contributed by atoms with Crippen molar-refractivity contribution in [1.82, 2.24) is 15.1 Å². The molecule has 0 amide bonds. The van der Waals surface area contributed by atoms with Gasteiger partial charge < -0.3 is 10.4 Å². The predicted molar refractivity (Wildman–Crippen MR) is 65.0 cm³/mol. The van der Waals surface area contributed by atoms with E-state index in [1.807, 2.05) is 19.3 Å². The molecule has 16 heavy (non-hydrogen) atoms. The Labute approximate surface area is 97.7 Å². The molecule has 0 aliphatic rings. The zero-order valence-electron chi connectivity index (χ0n) is 10.7. The molecule has 0 aromatic carbocycles. The van der Waals surface area contributed by atoms with Gasteiger partial charge in [0.15, 0.2) is 0 Å². The number of aromatic nitrogens is 2. The first-order valence-electron chi connectivity index (χ1n) is 5.76. The fourth-order valence-electron chi connectivity index (χ4n) is 1.76. The molecule has 2 N–H and O–H groups in total. The molecule has 0 bridgehead atoms. The van der Waals surface area contributed by atoms with Crippen LogP contribution in [0.2, 0.25) is 0 Å². The highest BCUT2D eigenvalue weighted by Crippen LogP contribution is 2.21. The Bertz CT molecular complexity index is 314. The van der Waals surface area contributed by atoms with Gasteiger partial charge in [0.1, 0.15) is 0 Å². The maximum absolute atomic E-state index is 9.04. The standard InChI is InChI=1S/C12H23N3O/c1-12(2,3)11(6-8-16)13-9-10-5-7-15(4)14-10/h5,7,11,13,16H,6,8-9H2,1-4H3. The van der Waals surface area contributed by atoms with Gasteiger partial charge >= 0.3 is 0 Å². The van der Waals surface area contributed by atoms with Crippen molar-refractivity contribution in [1.29, 1.82) is 0 Å². The van der Waals surface area contributed by atoms with Crippen LogP contribution in [-0.2, 0) is 13.6 Å². The van der Waals surface area contributed by atoms with E-state index in [0.29, 0.717) is 6.04 Å². The van der Waals surface area contributed by atoms with Gasteiger partial charge in [-0.3, -0.25) is 4.68 Å². The van der Waals surface area contributed by atoms with E-state index in [0.717, 1.165) is 18.7 Å². The summed E-state index contributed by atoms with van der Waals surface area (Å²) >= 11 is 0. The molecule has 0 fully saturated rings. The van der Waals surface area contributed by atoms with Gasteiger partial charge in [0.25, 0.3) is 0 Å². The minimum absolute atomic E-state index is 0.150. The van der Waals surface area contributed by atoms with Crippen molar-refractivity contribution in [3.63, 3.8) is 0 Å². The van der Waals surface area contributed by atoms with Gasteiger partial charge in [0, 0.05) is 32.4 Å². The molecular weight excluding hydrogens is 202 g/mol. The monoisotopic (exact) mass is 225 g/mol. The summed E-state index contributed by atoms with van der Waals surface area (Å²) in [6.45, 7) is 7.51. The lowest BCUT2D eigenvalue weighted by Crippen LogP contribution is -2.40. The van der Waals surface area contributed by atoms with E-state index in [4.69, 9.17) is 5.11 Å². The number of aliphatic hydroxyl groups is 1. The van der Waals surface area contributed by atoms with Gasteiger partial charge in [-0.2, -0.15) is 5.10 Å². The quantitative estimate of drug-likeness (QED) is 0.794. The molecule has 0 aliphatic heterocycles. The van der Waals surface area contributed by atoms with Gasteiger partial charge in [-0.25, -0.2) is 0 Å². The molecular formula is C12H23N3O. The van der Waals surface area contributed by atoms with E-state index in [9.17, 15) is 0 Å². The maximum atomic E-state index is 9.04. The molecule has 1 rings (SSSR count). The molecule has 0 radical (unpaired) electrons. The van der Waals surface area contributed by atoms with Gasteiger partial charge in [-0.05, 0) is 17.9 Å². The smallest absolute Gasteiger partial charge is 0.0762 e. The molecule has 0 saturated carbocycles. The normalized spacial score (nSPS) is 14.1. The van der Waals surface area contributed by atoms with Crippen LogP contribution in [0.15, 0.2) is 12.3 Å². The molecule has 1 aromatic rings. The first-order valence-corrected chi connectivity index (χ1v) is 5.76. The summed E-state index contributed by atoms with van der Waals surface area (Å²) in [5.74, 6) is 0. The minimum atomic E-state index is 0.150. The van der Waals surface area contributed by atoms with Crippen molar-refractivity contribution in [3.05, 3.63) is 18.0 Å². The lowest BCUT2D eigenvalue weighted by molar-refractivity contribution is 0.196. The van der Waals surface area contributed by atoms with E-state index >= 15 is 0 Å². The largest absolute Gasteiger partial charge is 0.396 e. The molecule has 0 spiro atoms. The van der Waals surface area contributed by atoms with Crippen molar-refractivity contribution >= 4 is 0 Å². The Hall–Kier alpha value is -0.870. The lowest BCUT2D eigenvalue weighted by Gasteiger charge is -2.31. The van der Waals surface area contributed by atoms with E-state index in [-0.39, 0.29) is 12.0 Å². The van der Waals surface area contributed by atoms with Crippen molar-refractivity contribution in [2.45, 2.75) is 39.8 Å². The Balaban J connectivity index is 2.50. The number of nitrogens with one attached hydrogen (secondary N) is 1. The van der Waals surface area contributed by atoms with E-state index in [2.05, 4.69) is 31.2 Å². The summed E-state index contributed by atoms with van der Waals surface area (Å²) in [5.41, 5.74) is 1.19. The summed E-state index contributed by atoms with van der Waals surface area (Å²) in [7, 11) is 1.92. The van der Waals surface area contributed by atoms with Crippen LogP contribution in [0.4, 0.5) is 0 Å². The molecule has 0 aliphatic carbocycles. The molecule has 0 saturated heterocycles. The minimum Gasteiger partial charge on any atom is -0.396 e. The fraction of sp³-hybridized carbons (Fsp3) is 0.750. The van der Waals surface area contributed by atoms with Crippen molar-refractivity contribution in [2.75, 3.05) is 6.61 Å². The molecule has 92 valence electrons. The Kier molecular flexibility index (Phi) is 4.50. The van der Waals surface area contributed by atoms with E-state index in [1.54, 1.807) is 4.68 Å². The summed E-state index contributed by atoms with van der Waals surface area (Å²) in [6, 6.07) is 2.31. The van der Waals surface area contributed by atoms with Crippen molar-refractivity contribution in [2.24, 2.45) is 12.5 Å². The molecule has 4 nitrogen and oxygen atoms in total. The first kappa shape index (κ1) is 13.2. The lowest BCUT2D eigenvalue weighted by atomic mass is 9.85. The fourth-order valence-corrected chi connectivity index (χ4v) is 1.76. The zero-order chi connectivity index (χ0) is 12.2. The second kappa shape index (κ2) is 5.46. The molecule has 1 unspecified atom stereocenters. The average molecular weight is 225 g/mol. The van der Waals surface area contributed by atoms with E-state index < -0.39 is 0 Å². The van der Waals surface area contributed by atoms with Crippen molar-refractivity contribution in [3.8, 4) is 0 Å². The molecule has 1 heterocycles. The predicted octanol–water partition coefficient (Wildman–Crippen LogP) is 1.31. The Morgan fingerprint density at radius 3 is 2.62 bits per heavy atom. The summed E-state index contributed by atoms with van der Waals surface area (Å²) in [5, 5.41) is 16.8. The number of rotatable bonds is 5. The van der Waals surface area contributed by atoms with Crippen LogP contribution < -0.4 is 5.32 Å². The third-order valence-electron chi connectivity index (χ3n) is 2.76. The summed E-state index contributed by atoms with van der Waals surface area (Å²) in [6.07, 6.45) is 2.71.